The molecule has 1 aliphatic rings. The summed E-state index contributed by atoms with van der Waals surface area (Å²) < 4.78 is 5.39. The van der Waals surface area contributed by atoms with E-state index in [0.29, 0.717) is 6.04 Å². The van der Waals surface area contributed by atoms with Gasteiger partial charge in [0, 0.05) is 43.8 Å². The molecular formula is C17H23N3O. The van der Waals surface area contributed by atoms with Crippen molar-refractivity contribution in [1.29, 1.82) is 0 Å². The molecule has 0 radical (unpaired) electrons. The fraction of sp³-hybridized carbons (Fsp3) is 0.471. The highest BCUT2D eigenvalue weighted by molar-refractivity contribution is 5.81. The second-order valence-corrected chi connectivity index (χ2v) is 5.69. The predicted molar refractivity (Wildman–Crippen MR) is 85.3 cm³/mol. The van der Waals surface area contributed by atoms with Crippen LogP contribution in [0.25, 0.3) is 10.9 Å². The van der Waals surface area contributed by atoms with Crippen LogP contribution in [0.1, 0.15) is 12.5 Å². The first-order chi connectivity index (χ1) is 10.3. The summed E-state index contributed by atoms with van der Waals surface area (Å²) in [5, 5.41) is 4.82. The highest BCUT2D eigenvalue weighted by atomic mass is 16.5. The molecule has 0 saturated carbocycles. The molecule has 0 amide bonds. The van der Waals surface area contributed by atoms with Crippen LogP contribution in [0.2, 0.25) is 0 Å². The van der Waals surface area contributed by atoms with Crippen LogP contribution in [0.3, 0.4) is 0 Å². The number of para-hydroxylation sites is 1. The van der Waals surface area contributed by atoms with Crippen molar-refractivity contribution in [3.05, 3.63) is 42.1 Å². The summed E-state index contributed by atoms with van der Waals surface area (Å²) in [6.07, 6.45) is 1.86. The number of hydrogen-bond donors (Lipinski definition) is 1. The average molecular weight is 285 g/mol. The van der Waals surface area contributed by atoms with Gasteiger partial charge < -0.3 is 10.1 Å². The number of pyridine rings is 1. The second kappa shape index (κ2) is 6.98. The molecule has 0 aliphatic carbocycles. The molecule has 1 aliphatic heterocycles. The van der Waals surface area contributed by atoms with Crippen molar-refractivity contribution in [2.75, 3.05) is 32.8 Å². The second-order valence-electron chi connectivity index (χ2n) is 5.69. The summed E-state index contributed by atoms with van der Waals surface area (Å²) in [7, 11) is 0. The summed E-state index contributed by atoms with van der Waals surface area (Å²) in [5.74, 6) is 0. The van der Waals surface area contributed by atoms with Crippen molar-refractivity contribution in [2.24, 2.45) is 0 Å². The van der Waals surface area contributed by atoms with E-state index >= 15 is 0 Å². The van der Waals surface area contributed by atoms with Gasteiger partial charge in [0.25, 0.3) is 0 Å². The van der Waals surface area contributed by atoms with Gasteiger partial charge in [-0.1, -0.05) is 24.3 Å². The highest BCUT2D eigenvalue weighted by Crippen LogP contribution is 2.15. The minimum atomic E-state index is 0.460. The molecule has 21 heavy (non-hydrogen) atoms. The number of benzene rings is 1. The number of fused-ring (bicyclic) bond motifs is 1. The van der Waals surface area contributed by atoms with E-state index in [4.69, 9.17) is 4.74 Å². The van der Waals surface area contributed by atoms with Gasteiger partial charge in [-0.05, 0) is 18.6 Å². The fourth-order valence-electron chi connectivity index (χ4n) is 2.83. The third-order valence-electron chi connectivity index (χ3n) is 3.99. The van der Waals surface area contributed by atoms with Crippen molar-refractivity contribution in [3.63, 3.8) is 0 Å². The van der Waals surface area contributed by atoms with E-state index in [1.54, 1.807) is 0 Å². The molecule has 1 N–H and O–H groups in total. The van der Waals surface area contributed by atoms with Gasteiger partial charge in [0.1, 0.15) is 0 Å². The number of rotatable bonds is 5. The molecule has 1 fully saturated rings. The molecule has 4 heteroatoms. The van der Waals surface area contributed by atoms with E-state index in [1.807, 2.05) is 12.3 Å². The fourth-order valence-corrected chi connectivity index (χ4v) is 2.83. The van der Waals surface area contributed by atoms with E-state index in [1.165, 1.54) is 10.9 Å². The molecule has 4 nitrogen and oxygen atoms in total. The number of aromatic nitrogens is 1. The third-order valence-corrected chi connectivity index (χ3v) is 3.99. The molecule has 1 aromatic carbocycles. The van der Waals surface area contributed by atoms with Crippen LogP contribution in [-0.4, -0.2) is 48.8 Å². The zero-order chi connectivity index (χ0) is 14.5. The van der Waals surface area contributed by atoms with Gasteiger partial charge in [-0.15, -0.1) is 0 Å². The topological polar surface area (TPSA) is 37.4 Å². The molecule has 1 atom stereocenters. The van der Waals surface area contributed by atoms with Crippen LogP contribution in [0.15, 0.2) is 36.5 Å². The Balaban J connectivity index is 1.58. The SMILES string of the molecule is C[C@@H](CN1CCOCC1)NCc1cccc2cccnc12. The highest BCUT2D eigenvalue weighted by Gasteiger charge is 2.13. The molecule has 1 saturated heterocycles. The van der Waals surface area contributed by atoms with E-state index in [9.17, 15) is 0 Å². The van der Waals surface area contributed by atoms with Gasteiger partial charge in [0.15, 0.2) is 0 Å². The molecule has 112 valence electrons. The van der Waals surface area contributed by atoms with Crippen LogP contribution in [0, 0.1) is 0 Å². The lowest BCUT2D eigenvalue weighted by molar-refractivity contribution is 0.0343. The first kappa shape index (κ1) is 14.4. The lowest BCUT2D eigenvalue weighted by Crippen LogP contribution is -2.44. The normalized spacial score (nSPS) is 18.0. The number of hydrogen-bond acceptors (Lipinski definition) is 4. The largest absolute Gasteiger partial charge is 0.379 e. The van der Waals surface area contributed by atoms with Crippen molar-refractivity contribution >= 4 is 10.9 Å². The van der Waals surface area contributed by atoms with Gasteiger partial charge >= 0.3 is 0 Å². The van der Waals surface area contributed by atoms with E-state index < -0.39 is 0 Å². The van der Waals surface area contributed by atoms with Crippen LogP contribution < -0.4 is 5.32 Å². The summed E-state index contributed by atoms with van der Waals surface area (Å²) >= 11 is 0. The number of nitrogens with zero attached hydrogens (tertiary/aromatic N) is 2. The summed E-state index contributed by atoms with van der Waals surface area (Å²) in [6, 6.07) is 10.9. The molecule has 2 heterocycles. The molecule has 0 unspecified atom stereocenters. The first-order valence-electron chi connectivity index (χ1n) is 7.69. The Bertz CT molecular complexity index is 576. The van der Waals surface area contributed by atoms with E-state index in [-0.39, 0.29) is 0 Å². The van der Waals surface area contributed by atoms with E-state index in [0.717, 1.165) is 44.9 Å². The quantitative estimate of drug-likeness (QED) is 0.912. The zero-order valence-corrected chi connectivity index (χ0v) is 12.6. The Kier molecular flexibility index (Phi) is 4.80. The molecular weight excluding hydrogens is 262 g/mol. The minimum absolute atomic E-state index is 0.460. The third kappa shape index (κ3) is 3.79. The monoisotopic (exact) mass is 285 g/mol. The maximum Gasteiger partial charge on any atom is 0.0746 e. The molecule has 1 aromatic heterocycles. The number of morpholine rings is 1. The van der Waals surface area contributed by atoms with Crippen LogP contribution in [0.4, 0.5) is 0 Å². The predicted octanol–water partition coefficient (Wildman–Crippen LogP) is 2.05. The first-order valence-corrected chi connectivity index (χ1v) is 7.69. The molecule has 0 bridgehead atoms. The van der Waals surface area contributed by atoms with Crippen LogP contribution in [-0.2, 0) is 11.3 Å². The molecule has 0 spiro atoms. The Hall–Kier alpha value is -1.49. The molecule has 2 aromatic rings. The van der Waals surface area contributed by atoms with Crippen molar-refractivity contribution in [1.82, 2.24) is 15.2 Å². The maximum atomic E-state index is 5.39. The smallest absolute Gasteiger partial charge is 0.0746 e. The summed E-state index contributed by atoms with van der Waals surface area (Å²) in [5.41, 5.74) is 2.37. The van der Waals surface area contributed by atoms with Gasteiger partial charge in [-0.2, -0.15) is 0 Å². The van der Waals surface area contributed by atoms with Crippen molar-refractivity contribution < 1.29 is 4.74 Å². The van der Waals surface area contributed by atoms with Crippen LogP contribution >= 0.6 is 0 Å². The van der Waals surface area contributed by atoms with Gasteiger partial charge in [0.05, 0.1) is 18.7 Å². The Morgan fingerprint density at radius 2 is 2.05 bits per heavy atom. The van der Waals surface area contributed by atoms with Crippen LogP contribution in [0.5, 0.6) is 0 Å². The van der Waals surface area contributed by atoms with Crippen molar-refractivity contribution in [3.8, 4) is 0 Å². The number of nitrogens with one attached hydrogen (secondary N) is 1. The molecule has 3 rings (SSSR count). The van der Waals surface area contributed by atoms with Gasteiger partial charge in [-0.3, -0.25) is 9.88 Å². The lowest BCUT2D eigenvalue weighted by atomic mass is 10.1. The van der Waals surface area contributed by atoms with E-state index in [2.05, 4.69) is 46.4 Å². The zero-order valence-electron chi connectivity index (χ0n) is 12.6. The summed E-state index contributed by atoms with van der Waals surface area (Å²) in [4.78, 5) is 6.97. The van der Waals surface area contributed by atoms with Crippen molar-refractivity contribution in [2.45, 2.75) is 19.5 Å². The van der Waals surface area contributed by atoms with Gasteiger partial charge in [-0.25, -0.2) is 0 Å². The summed E-state index contributed by atoms with van der Waals surface area (Å²) in [6.45, 7) is 7.99. The lowest BCUT2D eigenvalue weighted by Gasteiger charge is -2.29. The number of ether oxygens (including phenoxy) is 1. The Labute approximate surface area is 126 Å². The Morgan fingerprint density at radius 3 is 2.90 bits per heavy atom. The standard InChI is InChI=1S/C17H23N3O/c1-14(13-20-8-10-21-11-9-20)19-12-16-5-2-4-15-6-3-7-18-17(15)16/h2-7,14,19H,8-13H2,1H3/t14-/m0/s1. The van der Waals surface area contributed by atoms with Gasteiger partial charge in [0.2, 0.25) is 0 Å². The minimum Gasteiger partial charge on any atom is -0.379 e. The Morgan fingerprint density at radius 1 is 1.24 bits per heavy atom. The maximum absolute atomic E-state index is 5.39. The average Bonchev–Trinajstić information content (AvgIpc) is 2.54.